The summed E-state index contributed by atoms with van der Waals surface area (Å²) >= 11 is 0. The molecule has 2 aliphatic heterocycles. The Bertz CT molecular complexity index is 232. The normalized spacial score (nSPS) is 28.0. The molecule has 0 aliphatic carbocycles. The lowest BCUT2D eigenvalue weighted by atomic mass is 10.2. The first-order chi connectivity index (χ1) is 8.79. The van der Waals surface area contributed by atoms with E-state index in [-0.39, 0.29) is 0 Å². The van der Waals surface area contributed by atoms with E-state index in [0.717, 1.165) is 12.6 Å². The molecule has 2 fully saturated rings. The molecule has 3 heteroatoms. The van der Waals surface area contributed by atoms with Gasteiger partial charge in [0.05, 0.1) is 0 Å². The smallest absolute Gasteiger partial charge is 0.0223 e. The van der Waals surface area contributed by atoms with Gasteiger partial charge in [0.15, 0.2) is 0 Å². The Morgan fingerprint density at radius 1 is 1.22 bits per heavy atom. The predicted molar refractivity (Wildman–Crippen MR) is 78.0 cm³/mol. The van der Waals surface area contributed by atoms with Gasteiger partial charge in [-0.25, -0.2) is 0 Å². The van der Waals surface area contributed by atoms with Crippen LogP contribution in [0.15, 0.2) is 0 Å². The van der Waals surface area contributed by atoms with E-state index in [9.17, 15) is 0 Å². The van der Waals surface area contributed by atoms with Crippen LogP contribution in [-0.4, -0.2) is 61.2 Å². The maximum Gasteiger partial charge on any atom is 0.0223 e. The standard InChI is InChI=1S/C15H31N3/c1-3-8-16-14(2)7-12-17-9-5-11-18-10-4-6-15(18)13-17/h14-16H,3-13H2,1-2H3. The summed E-state index contributed by atoms with van der Waals surface area (Å²) in [5.74, 6) is 0. The Kier molecular flexibility index (Phi) is 5.93. The van der Waals surface area contributed by atoms with Crippen LogP contribution < -0.4 is 5.32 Å². The van der Waals surface area contributed by atoms with Crippen molar-refractivity contribution in [2.75, 3.05) is 39.3 Å². The minimum atomic E-state index is 0.674. The Balaban J connectivity index is 1.68. The van der Waals surface area contributed by atoms with E-state index in [1.54, 1.807) is 0 Å². The monoisotopic (exact) mass is 253 g/mol. The zero-order valence-electron chi connectivity index (χ0n) is 12.3. The predicted octanol–water partition coefficient (Wildman–Crippen LogP) is 1.93. The third-order valence-electron chi connectivity index (χ3n) is 4.51. The molecule has 2 heterocycles. The summed E-state index contributed by atoms with van der Waals surface area (Å²) in [6.45, 7) is 12.3. The van der Waals surface area contributed by atoms with Gasteiger partial charge in [-0.05, 0) is 71.8 Å². The molecule has 0 spiro atoms. The molecule has 2 unspecified atom stereocenters. The van der Waals surface area contributed by atoms with Crippen molar-refractivity contribution in [1.82, 2.24) is 15.1 Å². The summed E-state index contributed by atoms with van der Waals surface area (Å²) in [5.41, 5.74) is 0. The van der Waals surface area contributed by atoms with Gasteiger partial charge in [0.25, 0.3) is 0 Å². The van der Waals surface area contributed by atoms with Gasteiger partial charge < -0.3 is 10.2 Å². The highest BCUT2D eigenvalue weighted by Gasteiger charge is 2.28. The quantitative estimate of drug-likeness (QED) is 0.780. The van der Waals surface area contributed by atoms with Crippen molar-refractivity contribution in [3.05, 3.63) is 0 Å². The van der Waals surface area contributed by atoms with Crippen LogP contribution in [0.25, 0.3) is 0 Å². The number of fused-ring (bicyclic) bond motifs is 1. The maximum atomic E-state index is 3.60. The molecule has 0 aromatic rings. The van der Waals surface area contributed by atoms with Crippen molar-refractivity contribution in [1.29, 1.82) is 0 Å². The number of nitrogens with zero attached hydrogens (tertiary/aromatic N) is 2. The SMILES string of the molecule is CCCNC(C)CCN1CCCN2CCCC2C1. The summed E-state index contributed by atoms with van der Waals surface area (Å²) < 4.78 is 0. The molecule has 0 bridgehead atoms. The molecule has 2 rings (SSSR count). The van der Waals surface area contributed by atoms with Gasteiger partial charge in [-0.1, -0.05) is 6.92 Å². The van der Waals surface area contributed by atoms with Crippen LogP contribution in [0.5, 0.6) is 0 Å². The fourth-order valence-corrected chi connectivity index (χ4v) is 3.36. The molecule has 0 radical (unpaired) electrons. The van der Waals surface area contributed by atoms with Gasteiger partial charge in [-0.2, -0.15) is 0 Å². The third kappa shape index (κ3) is 4.22. The van der Waals surface area contributed by atoms with Crippen LogP contribution in [0.3, 0.4) is 0 Å². The van der Waals surface area contributed by atoms with Crippen molar-refractivity contribution >= 4 is 0 Å². The van der Waals surface area contributed by atoms with Gasteiger partial charge in [0, 0.05) is 18.6 Å². The van der Waals surface area contributed by atoms with E-state index in [0.29, 0.717) is 6.04 Å². The van der Waals surface area contributed by atoms with Crippen molar-refractivity contribution in [2.24, 2.45) is 0 Å². The van der Waals surface area contributed by atoms with Crippen LogP contribution in [0.2, 0.25) is 0 Å². The fourth-order valence-electron chi connectivity index (χ4n) is 3.36. The molecule has 106 valence electrons. The van der Waals surface area contributed by atoms with Gasteiger partial charge in [-0.15, -0.1) is 0 Å². The first kappa shape index (κ1) is 14.3. The maximum absolute atomic E-state index is 3.60. The molecule has 3 nitrogen and oxygen atoms in total. The van der Waals surface area contributed by atoms with Crippen molar-refractivity contribution < 1.29 is 0 Å². The summed E-state index contributed by atoms with van der Waals surface area (Å²) in [6, 6.07) is 1.54. The molecule has 1 N–H and O–H groups in total. The first-order valence-electron chi connectivity index (χ1n) is 7.99. The molecular weight excluding hydrogens is 222 g/mol. The van der Waals surface area contributed by atoms with E-state index in [1.807, 2.05) is 0 Å². The highest BCUT2D eigenvalue weighted by molar-refractivity contribution is 4.85. The van der Waals surface area contributed by atoms with Gasteiger partial charge in [0.2, 0.25) is 0 Å². The molecule has 0 saturated carbocycles. The zero-order chi connectivity index (χ0) is 12.8. The van der Waals surface area contributed by atoms with Crippen molar-refractivity contribution in [3.63, 3.8) is 0 Å². The lowest BCUT2D eigenvalue weighted by molar-refractivity contribution is 0.214. The Morgan fingerprint density at radius 2 is 2.06 bits per heavy atom. The Hall–Kier alpha value is -0.120. The molecule has 2 aliphatic rings. The average molecular weight is 253 g/mol. The largest absolute Gasteiger partial charge is 0.314 e. The zero-order valence-corrected chi connectivity index (χ0v) is 12.3. The second kappa shape index (κ2) is 7.46. The number of hydrogen-bond donors (Lipinski definition) is 1. The van der Waals surface area contributed by atoms with Gasteiger partial charge >= 0.3 is 0 Å². The van der Waals surface area contributed by atoms with Crippen LogP contribution in [0, 0.1) is 0 Å². The second-order valence-electron chi connectivity index (χ2n) is 6.13. The Labute approximate surface area is 113 Å². The van der Waals surface area contributed by atoms with Crippen molar-refractivity contribution in [3.8, 4) is 0 Å². The summed E-state index contributed by atoms with van der Waals surface area (Å²) in [5, 5.41) is 3.60. The molecule has 2 atom stereocenters. The van der Waals surface area contributed by atoms with Gasteiger partial charge in [-0.3, -0.25) is 4.90 Å². The minimum Gasteiger partial charge on any atom is -0.314 e. The Morgan fingerprint density at radius 3 is 2.89 bits per heavy atom. The minimum absolute atomic E-state index is 0.674. The molecule has 0 amide bonds. The van der Waals surface area contributed by atoms with Gasteiger partial charge in [0.1, 0.15) is 0 Å². The molecule has 0 aromatic heterocycles. The summed E-state index contributed by atoms with van der Waals surface area (Å²) in [6.07, 6.45) is 6.76. The van der Waals surface area contributed by atoms with E-state index in [2.05, 4.69) is 29.0 Å². The molecule has 0 aromatic carbocycles. The molecule has 2 saturated heterocycles. The molecular formula is C15H31N3. The van der Waals surface area contributed by atoms with Crippen LogP contribution in [0.1, 0.15) is 46.0 Å². The number of nitrogens with one attached hydrogen (secondary N) is 1. The number of hydrogen-bond acceptors (Lipinski definition) is 3. The van der Waals surface area contributed by atoms with Crippen LogP contribution in [-0.2, 0) is 0 Å². The van der Waals surface area contributed by atoms with E-state index >= 15 is 0 Å². The first-order valence-corrected chi connectivity index (χ1v) is 7.99. The van der Waals surface area contributed by atoms with Crippen LogP contribution >= 0.6 is 0 Å². The molecule has 18 heavy (non-hydrogen) atoms. The van der Waals surface area contributed by atoms with E-state index in [1.165, 1.54) is 64.8 Å². The highest BCUT2D eigenvalue weighted by atomic mass is 15.3. The topological polar surface area (TPSA) is 18.5 Å². The van der Waals surface area contributed by atoms with E-state index in [4.69, 9.17) is 0 Å². The summed E-state index contributed by atoms with van der Waals surface area (Å²) in [4.78, 5) is 5.43. The van der Waals surface area contributed by atoms with E-state index < -0.39 is 0 Å². The number of rotatable bonds is 6. The fraction of sp³-hybridized carbons (Fsp3) is 1.00. The highest BCUT2D eigenvalue weighted by Crippen LogP contribution is 2.21. The van der Waals surface area contributed by atoms with Crippen LogP contribution in [0.4, 0.5) is 0 Å². The third-order valence-corrected chi connectivity index (χ3v) is 4.51. The average Bonchev–Trinajstić information content (AvgIpc) is 2.72. The second-order valence-corrected chi connectivity index (χ2v) is 6.13. The van der Waals surface area contributed by atoms with Crippen molar-refractivity contribution in [2.45, 2.75) is 58.0 Å². The lowest BCUT2D eigenvalue weighted by Gasteiger charge is -2.26. The lowest BCUT2D eigenvalue weighted by Crippen LogP contribution is -2.38. The summed E-state index contributed by atoms with van der Waals surface area (Å²) in [7, 11) is 0.